The number of rotatable bonds is 3. The van der Waals surface area contributed by atoms with Crippen molar-refractivity contribution in [1.29, 1.82) is 0 Å². The summed E-state index contributed by atoms with van der Waals surface area (Å²) in [6.45, 7) is 3.19. The van der Waals surface area contributed by atoms with Crippen LogP contribution < -0.4 is 10.5 Å². The molecular weight excluding hydrogens is 276 g/mol. The lowest BCUT2D eigenvalue weighted by molar-refractivity contribution is -0.156. The number of esters is 1. The Kier molecular flexibility index (Phi) is 3.74. The van der Waals surface area contributed by atoms with Gasteiger partial charge in [-0.1, -0.05) is 0 Å². The predicted molar refractivity (Wildman–Crippen MR) is 63.1 cm³/mol. The van der Waals surface area contributed by atoms with Gasteiger partial charge in [0.05, 0.1) is 7.11 Å². The summed E-state index contributed by atoms with van der Waals surface area (Å²) in [7, 11) is 1.30. The average molecular weight is 289 g/mol. The zero-order chi connectivity index (χ0) is 12.3. The number of carbonyl (C=O) groups is 1. The van der Waals surface area contributed by atoms with Crippen molar-refractivity contribution in [2.45, 2.75) is 19.4 Å². The van der Waals surface area contributed by atoms with Gasteiger partial charge in [-0.05, 0) is 35.8 Å². The van der Waals surface area contributed by atoms with E-state index in [0.29, 0.717) is 5.75 Å². The summed E-state index contributed by atoms with van der Waals surface area (Å²) in [4.78, 5) is 15.3. The SMILES string of the molecule is COC(=O)C(C)(C)Oc1cc(Br)cnc1N. The van der Waals surface area contributed by atoms with E-state index in [0.717, 1.165) is 4.47 Å². The van der Waals surface area contributed by atoms with E-state index in [9.17, 15) is 4.79 Å². The number of aromatic nitrogens is 1. The van der Waals surface area contributed by atoms with Crippen LogP contribution in [0.15, 0.2) is 16.7 Å². The molecule has 1 rings (SSSR count). The summed E-state index contributed by atoms with van der Waals surface area (Å²) in [5, 5.41) is 0. The molecule has 0 aromatic carbocycles. The van der Waals surface area contributed by atoms with Crippen molar-refractivity contribution in [3.8, 4) is 5.75 Å². The van der Waals surface area contributed by atoms with Crippen LogP contribution in [0.2, 0.25) is 0 Å². The monoisotopic (exact) mass is 288 g/mol. The van der Waals surface area contributed by atoms with Crippen molar-refractivity contribution in [3.63, 3.8) is 0 Å². The van der Waals surface area contributed by atoms with Crippen LogP contribution in [0.1, 0.15) is 13.8 Å². The number of nitrogens with two attached hydrogens (primary N) is 1. The Morgan fingerprint density at radius 3 is 2.75 bits per heavy atom. The Morgan fingerprint density at radius 2 is 2.19 bits per heavy atom. The molecule has 16 heavy (non-hydrogen) atoms. The number of anilines is 1. The molecule has 0 atom stereocenters. The molecule has 0 aliphatic carbocycles. The Balaban J connectivity index is 2.95. The van der Waals surface area contributed by atoms with Crippen LogP contribution in [-0.2, 0) is 9.53 Å². The van der Waals surface area contributed by atoms with E-state index in [4.69, 9.17) is 10.5 Å². The summed E-state index contributed by atoms with van der Waals surface area (Å²) in [5.74, 6) is 0.0804. The van der Waals surface area contributed by atoms with Gasteiger partial charge in [-0.2, -0.15) is 0 Å². The van der Waals surface area contributed by atoms with Gasteiger partial charge in [-0.3, -0.25) is 0 Å². The van der Waals surface area contributed by atoms with Crippen LogP contribution in [0.3, 0.4) is 0 Å². The normalized spacial score (nSPS) is 11.0. The smallest absolute Gasteiger partial charge is 0.349 e. The van der Waals surface area contributed by atoms with Gasteiger partial charge in [0.15, 0.2) is 17.2 Å². The van der Waals surface area contributed by atoms with Gasteiger partial charge in [-0.25, -0.2) is 9.78 Å². The van der Waals surface area contributed by atoms with Gasteiger partial charge in [0, 0.05) is 10.7 Å². The molecule has 0 unspecified atom stereocenters. The summed E-state index contributed by atoms with van der Waals surface area (Å²) in [5.41, 5.74) is 4.52. The standard InChI is InChI=1S/C10H13BrN2O3/c1-10(2,9(14)15-3)16-7-4-6(11)5-13-8(7)12/h4-5H,1-3H3,(H2,12,13). The van der Waals surface area contributed by atoms with E-state index < -0.39 is 11.6 Å². The van der Waals surface area contributed by atoms with Crippen molar-refractivity contribution in [2.75, 3.05) is 12.8 Å². The maximum atomic E-state index is 11.4. The molecule has 0 radical (unpaired) electrons. The number of hydrogen-bond acceptors (Lipinski definition) is 5. The Morgan fingerprint density at radius 1 is 1.56 bits per heavy atom. The van der Waals surface area contributed by atoms with Crippen LogP contribution >= 0.6 is 15.9 Å². The molecule has 0 spiro atoms. The van der Waals surface area contributed by atoms with Crippen molar-refractivity contribution in [1.82, 2.24) is 4.98 Å². The van der Waals surface area contributed by atoms with Crippen molar-refractivity contribution in [3.05, 3.63) is 16.7 Å². The molecule has 0 amide bonds. The number of halogens is 1. The second-order valence-corrected chi connectivity index (χ2v) is 4.56. The zero-order valence-electron chi connectivity index (χ0n) is 9.28. The largest absolute Gasteiger partial charge is 0.472 e. The number of hydrogen-bond donors (Lipinski definition) is 1. The molecule has 0 saturated heterocycles. The van der Waals surface area contributed by atoms with Crippen molar-refractivity contribution < 1.29 is 14.3 Å². The fraction of sp³-hybridized carbons (Fsp3) is 0.400. The third-order valence-electron chi connectivity index (χ3n) is 1.89. The van der Waals surface area contributed by atoms with Crippen LogP contribution in [-0.4, -0.2) is 23.7 Å². The first kappa shape index (κ1) is 12.8. The molecule has 1 heterocycles. The van der Waals surface area contributed by atoms with E-state index in [-0.39, 0.29) is 5.82 Å². The van der Waals surface area contributed by atoms with Crippen LogP contribution in [0.4, 0.5) is 5.82 Å². The average Bonchev–Trinajstić information content (AvgIpc) is 2.22. The number of nitrogens with zero attached hydrogens (tertiary/aromatic N) is 1. The lowest BCUT2D eigenvalue weighted by atomic mass is 10.1. The van der Waals surface area contributed by atoms with E-state index in [1.807, 2.05) is 0 Å². The molecule has 0 aliphatic heterocycles. The fourth-order valence-electron chi connectivity index (χ4n) is 1.08. The molecule has 5 nitrogen and oxygen atoms in total. The molecule has 0 bridgehead atoms. The first-order chi connectivity index (χ1) is 7.36. The first-order valence-corrected chi connectivity index (χ1v) is 5.34. The highest BCUT2D eigenvalue weighted by Crippen LogP contribution is 2.27. The van der Waals surface area contributed by atoms with Crippen LogP contribution in [0.25, 0.3) is 0 Å². The van der Waals surface area contributed by atoms with Gasteiger partial charge < -0.3 is 15.2 Å². The molecule has 0 saturated carbocycles. The molecule has 0 aliphatic rings. The van der Waals surface area contributed by atoms with Gasteiger partial charge in [-0.15, -0.1) is 0 Å². The maximum absolute atomic E-state index is 11.4. The van der Waals surface area contributed by atoms with E-state index in [1.165, 1.54) is 7.11 Å². The third-order valence-corrected chi connectivity index (χ3v) is 2.32. The van der Waals surface area contributed by atoms with E-state index in [1.54, 1.807) is 26.1 Å². The quantitative estimate of drug-likeness (QED) is 0.858. The second kappa shape index (κ2) is 4.69. The third kappa shape index (κ3) is 2.85. The number of carbonyl (C=O) groups excluding carboxylic acids is 1. The van der Waals surface area contributed by atoms with Gasteiger partial charge in [0.1, 0.15) is 0 Å². The molecule has 6 heteroatoms. The number of methoxy groups -OCH3 is 1. The Labute approximate surface area is 102 Å². The van der Waals surface area contributed by atoms with E-state index in [2.05, 4.69) is 25.7 Å². The molecular formula is C10H13BrN2O3. The Hall–Kier alpha value is -1.30. The van der Waals surface area contributed by atoms with Crippen molar-refractivity contribution >= 4 is 27.7 Å². The minimum atomic E-state index is -1.11. The molecule has 1 aromatic heterocycles. The summed E-state index contributed by atoms with van der Waals surface area (Å²) in [6, 6.07) is 1.65. The molecule has 88 valence electrons. The maximum Gasteiger partial charge on any atom is 0.349 e. The predicted octanol–water partition coefficient (Wildman–Crippen LogP) is 1.76. The first-order valence-electron chi connectivity index (χ1n) is 4.55. The lowest BCUT2D eigenvalue weighted by Crippen LogP contribution is -2.39. The highest BCUT2D eigenvalue weighted by atomic mass is 79.9. The van der Waals surface area contributed by atoms with Gasteiger partial charge in [0.25, 0.3) is 0 Å². The summed E-state index contributed by atoms with van der Waals surface area (Å²) >= 11 is 3.24. The van der Waals surface area contributed by atoms with E-state index >= 15 is 0 Å². The number of ether oxygens (including phenoxy) is 2. The van der Waals surface area contributed by atoms with Crippen molar-refractivity contribution in [2.24, 2.45) is 0 Å². The highest BCUT2D eigenvalue weighted by molar-refractivity contribution is 9.10. The van der Waals surface area contributed by atoms with Gasteiger partial charge >= 0.3 is 5.97 Å². The molecule has 0 fully saturated rings. The minimum absolute atomic E-state index is 0.222. The second-order valence-electron chi connectivity index (χ2n) is 3.64. The lowest BCUT2D eigenvalue weighted by Gasteiger charge is -2.23. The molecule has 1 aromatic rings. The fourth-order valence-corrected chi connectivity index (χ4v) is 1.39. The minimum Gasteiger partial charge on any atom is -0.472 e. The highest BCUT2D eigenvalue weighted by Gasteiger charge is 2.31. The number of pyridine rings is 1. The van der Waals surface area contributed by atoms with Gasteiger partial charge in [0.2, 0.25) is 0 Å². The van der Waals surface area contributed by atoms with Crippen LogP contribution in [0, 0.1) is 0 Å². The molecule has 2 N–H and O–H groups in total. The Bertz CT molecular complexity index is 407. The summed E-state index contributed by atoms with van der Waals surface area (Å²) in [6.07, 6.45) is 1.55. The van der Waals surface area contributed by atoms with Crippen LogP contribution in [0.5, 0.6) is 5.75 Å². The topological polar surface area (TPSA) is 74.4 Å². The number of nitrogen functional groups attached to an aromatic ring is 1. The zero-order valence-corrected chi connectivity index (χ0v) is 10.9. The summed E-state index contributed by atoms with van der Waals surface area (Å²) < 4.78 is 10.8.